The Balaban J connectivity index is 1.86. The topological polar surface area (TPSA) is 67.8 Å². The molecule has 5 heteroatoms. The molecule has 2 heterocycles. The highest BCUT2D eigenvalue weighted by atomic mass is 16.1. The first-order valence-corrected chi connectivity index (χ1v) is 7.39. The molecule has 0 unspecified atom stereocenters. The van der Waals surface area contributed by atoms with Gasteiger partial charge in [0.25, 0.3) is 5.56 Å². The lowest BCUT2D eigenvalue weighted by Crippen LogP contribution is -2.11. The van der Waals surface area contributed by atoms with Gasteiger partial charge in [0.1, 0.15) is 0 Å². The van der Waals surface area contributed by atoms with Crippen LogP contribution in [0.1, 0.15) is 33.0 Å². The molecule has 0 atom stereocenters. The minimum absolute atomic E-state index is 0.0678. The van der Waals surface area contributed by atoms with Gasteiger partial charge in [0.15, 0.2) is 0 Å². The second kappa shape index (κ2) is 6.39. The van der Waals surface area contributed by atoms with Gasteiger partial charge in [-0.1, -0.05) is 5.92 Å². The second-order valence-corrected chi connectivity index (χ2v) is 5.41. The Morgan fingerprint density at radius 1 is 1.17 bits per heavy atom. The third-order valence-corrected chi connectivity index (χ3v) is 3.87. The SMILES string of the molecule is C#Cc1ccc(C(=O)c2ccc(Cc3ccc(=O)[nH]n3)n2C)cc1. The summed E-state index contributed by atoms with van der Waals surface area (Å²) < 4.78 is 1.84. The lowest BCUT2D eigenvalue weighted by molar-refractivity contribution is 0.103. The van der Waals surface area contributed by atoms with E-state index in [1.165, 1.54) is 6.07 Å². The minimum Gasteiger partial charge on any atom is -0.345 e. The molecular formula is C19H15N3O2. The Bertz CT molecular complexity index is 968. The number of rotatable bonds is 4. The molecule has 1 aromatic carbocycles. The number of hydrogen-bond donors (Lipinski definition) is 1. The van der Waals surface area contributed by atoms with Crippen molar-refractivity contribution in [2.45, 2.75) is 6.42 Å². The highest BCUT2D eigenvalue weighted by Gasteiger charge is 2.15. The molecule has 0 spiro atoms. The summed E-state index contributed by atoms with van der Waals surface area (Å²) in [5.74, 6) is 2.46. The molecule has 0 fully saturated rings. The number of nitrogens with zero attached hydrogens (tertiary/aromatic N) is 2. The van der Waals surface area contributed by atoms with Crippen LogP contribution in [-0.4, -0.2) is 20.5 Å². The zero-order valence-electron chi connectivity index (χ0n) is 13.1. The number of carbonyl (C=O) groups is 1. The van der Waals surface area contributed by atoms with Crippen LogP contribution in [0.3, 0.4) is 0 Å². The van der Waals surface area contributed by atoms with Crippen LogP contribution in [0.25, 0.3) is 0 Å². The van der Waals surface area contributed by atoms with Crippen molar-refractivity contribution in [3.8, 4) is 12.3 Å². The van der Waals surface area contributed by atoms with E-state index in [4.69, 9.17) is 6.42 Å². The van der Waals surface area contributed by atoms with Gasteiger partial charge in [-0.3, -0.25) is 9.59 Å². The van der Waals surface area contributed by atoms with Crippen molar-refractivity contribution >= 4 is 5.78 Å². The molecule has 1 N–H and O–H groups in total. The maximum atomic E-state index is 12.6. The number of terminal acetylenes is 1. The first kappa shape index (κ1) is 15.5. The summed E-state index contributed by atoms with van der Waals surface area (Å²) in [6.45, 7) is 0. The molecule has 0 saturated carbocycles. The molecule has 24 heavy (non-hydrogen) atoms. The van der Waals surface area contributed by atoms with Gasteiger partial charge in [0.2, 0.25) is 5.78 Å². The number of carbonyl (C=O) groups excluding carboxylic acids is 1. The number of H-pyrrole nitrogens is 1. The van der Waals surface area contributed by atoms with E-state index < -0.39 is 0 Å². The van der Waals surface area contributed by atoms with E-state index in [2.05, 4.69) is 16.1 Å². The number of hydrogen-bond acceptors (Lipinski definition) is 3. The predicted molar refractivity (Wildman–Crippen MR) is 90.9 cm³/mol. The van der Waals surface area contributed by atoms with Crippen molar-refractivity contribution in [3.05, 3.63) is 87.1 Å². The fourth-order valence-electron chi connectivity index (χ4n) is 2.48. The third-order valence-electron chi connectivity index (χ3n) is 3.87. The van der Waals surface area contributed by atoms with Crippen molar-refractivity contribution in [1.82, 2.24) is 14.8 Å². The van der Waals surface area contributed by atoms with Crippen LogP contribution >= 0.6 is 0 Å². The molecule has 0 aliphatic heterocycles. The summed E-state index contributed by atoms with van der Waals surface area (Å²) in [5.41, 5.74) is 3.33. The summed E-state index contributed by atoms with van der Waals surface area (Å²) >= 11 is 0. The Hall–Kier alpha value is -3.39. The van der Waals surface area contributed by atoms with E-state index in [0.717, 1.165) is 17.0 Å². The minimum atomic E-state index is -0.239. The van der Waals surface area contributed by atoms with Gasteiger partial charge in [-0.15, -0.1) is 6.42 Å². The van der Waals surface area contributed by atoms with Crippen LogP contribution in [0.5, 0.6) is 0 Å². The van der Waals surface area contributed by atoms with Gasteiger partial charge in [0.05, 0.1) is 11.4 Å². The molecule has 0 aliphatic carbocycles. The van der Waals surface area contributed by atoms with Gasteiger partial charge in [-0.25, -0.2) is 5.10 Å². The quantitative estimate of drug-likeness (QED) is 0.590. The third kappa shape index (κ3) is 3.03. The molecule has 0 radical (unpaired) electrons. The Morgan fingerprint density at radius 2 is 1.92 bits per heavy atom. The van der Waals surface area contributed by atoms with Crippen molar-refractivity contribution < 1.29 is 4.79 Å². The molecule has 3 aromatic rings. The van der Waals surface area contributed by atoms with Gasteiger partial charge >= 0.3 is 0 Å². The van der Waals surface area contributed by atoms with Gasteiger partial charge in [-0.2, -0.15) is 5.10 Å². The zero-order valence-corrected chi connectivity index (χ0v) is 13.1. The zero-order chi connectivity index (χ0) is 17.1. The first-order valence-electron chi connectivity index (χ1n) is 7.39. The highest BCUT2D eigenvalue weighted by molar-refractivity contribution is 6.08. The second-order valence-electron chi connectivity index (χ2n) is 5.41. The highest BCUT2D eigenvalue weighted by Crippen LogP contribution is 2.15. The summed E-state index contributed by atoms with van der Waals surface area (Å²) in [6, 6.07) is 13.7. The molecule has 5 nitrogen and oxygen atoms in total. The van der Waals surface area contributed by atoms with Crippen LogP contribution in [-0.2, 0) is 13.5 Å². The maximum absolute atomic E-state index is 12.6. The van der Waals surface area contributed by atoms with Gasteiger partial charge in [-0.05, 0) is 42.5 Å². The summed E-state index contributed by atoms with van der Waals surface area (Å²) in [5, 5.41) is 6.40. The summed E-state index contributed by atoms with van der Waals surface area (Å²) in [6.07, 6.45) is 5.85. The Kier molecular flexibility index (Phi) is 4.13. The van der Waals surface area contributed by atoms with Crippen LogP contribution in [0.4, 0.5) is 0 Å². The van der Waals surface area contributed by atoms with Crippen LogP contribution in [0.15, 0.2) is 53.3 Å². The van der Waals surface area contributed by atoms with Crippen molar-refractivity contribution in [2.75, 3.05) is 0 Å². The predicted octanol–water partition coefficient (Wildman–Crippen LogP) is 1.91. The van der Waals surface area contributed by atoms with Crippen molar-refractivity contribution in [2.24, 2.45) is 7.05 Å². The number of nitrogens with one attached hydrogen (secondary N) is 1. The molecule has 3 rings (SSSR count). The Morgan fingerprint density at radius 3 is 2.54 bits per heavy atom. The van der Waals surface area contributed by atoms with Crippen LogP contribution < -0.4 is 5.56 Å². The molecule has 0 amide bonds. The van der Waals surface area contributed by atoms with Crippen LogP contribution in [0, 0.1) is 12.3 Å². The molecule has 0 saturated heterocycles. The average molecular weight is 317 g/mol. The summed E-state index contributed by atoms with van der Waals surface area (Å²) in [4.78, 5) is 23.7. The lowest BCUT2D eigenvalue weighted by atomic mass is 10.1. The van der Waals surface area contributed by atoms with Gasteiger partial charge < -0.3 is 4.57 Å². The lowest BCUT2D eigenvalue weighted by Gasteiger charge is -2.07. The normalized spacial score (nSPS) is 10.3. The fraction of sp³-hybridized carbons (Fsp3) is 0.105. The van der Waals surface area contributed by atoms with E-state index in [9.17, 15) is 9.59 Å². The Labute approximate surface area is 139 Å². The smallest absolute Gasteiger partial charge is 0.264 e. The number of aromatic nitrogens is 3. The van der Waals surface area contributed by atoms with Crippen LogP contribution in [0.2, 0.25) is 0 Å². The standard InChI is InChI=1S/C19H15N3O2/c1-3-13-4-6-14(7-5-13)19(24)17-10-9-16(22(17)2)12-15-8-11-18(23)21-20-15/h1,4-11H,12H2,2H3,(H,21,23). The molecule has 0 aliphatic rings. The van der Waals surface area contributed by atoms with E-state index in [1.807, 2.05) is 17.7 Å². The van der Waals surface area contributed by atoms with Gasteiger partial charge in [0, 0.05) is 36.4 Å². The molecular weight excluding hydrogens is 302 g/mol. The van der Waals surface area contributed by atoms with Crippen molar-refractivity contribution in [3.63, 3.8) is 0 Å². The van der Waals surface area contributed by atoms with E-state index in [0.29, 0.717) is 17.7 Å². The summed E-state index contributed by atoms with van der Waals surface area (Å²) in [7, 11) is 1.84. The number of ketones is 1. The van der Waals surface area contributed by atoms with E-state index in [-0.39, 0.29) is 11.3 Å². The molecule has 0 bridgehead atoms. The average Bonchev–Trinajstić information content (AvgIpc) is 2.97. The monoisotopic (exact) mass is 317 g/mol. The molecule has 118 valence electrons. The maximum Gasteiger partial charge on any atom is 0.264 e. The molecule has 2 aromatic heterocycles. The number of aromatic amines is 1. The largest absolute Gasteiger partial charge is 0.345 e. The fourth-order valence-corrected chi connectivity index (χ4v) is 2.48. The van der Waals surface area contributed by atoms with Crippen molar-refractivity contribution in [1.29, 1.82) is 0 Å². The van der Waals surface area contributed by atoms with E-state index in [1.54, 1.807) is 36.4 Å². The first-order chi connectivity index (χ1) is 11.6. The van der Waals surface area contributed by atoms with E-state index >= 15 is 0 Å². The number of benzene rings is 1.